The molecule has 2 aromatic rings. The van der Waals surface area contributed by atoms with Crippen LogP contribution in [-0.4, -0.2) is 24.1 Å². The zero-order chi connectivity index (χ0) is 19.6. The molecule has 0 aromatic heterocycles. The Hall–Kier alpha value is -2.86. The molecular weight excluding hydrogens is 366 g/mol. The molecule has 0 aliphatic heterocycles. The van der Waals surface area contributed by atoms with Crippen LogP contribution in [0.15, 0.2) is 53.6 Å². The first-order valence-electron chi connectivity index (χ1n) is 8.59. The number of carbonyl (C=O) groups is 2. The van der Waals surface area contributed by atoms with Crippen LogP contribution in [0.1, 0.15) is 31.4 Å². The lowest BCUT2D eigenvalue weighted by Gasteiger charge is -2.10. The number of halogens is 1. The van der Waals surface area contributed by atoms with Crippen LogP contribution < -0.4 is 15.5 Å². The van der Waals surface area contributed by atoms with Gasteiger partial charge in [-0.25, -0.2) is 5.43 Å². The maximum Gasteiger partial charge on any atom is 0.329 e. The summed E-state index contributed by atoms with van der Waals surface area (Å²) in [5.41, 5.74) is 3.82. The van der Waals surface area contributed by atoms with Crippen molar-refractivity contribution in [3.05, 3.63) is 64.7 Å². The Balaban J connectivity index is 1.95. The molecule has 2 N–H and O–H groups in total. The van der Waals surface area contributed by atoms with Crippen LogP contribution in [0.25, 0.3) is 0 Å². The summed E-state index contributed by atoms with van der Waals surface area (Å²) in [7, 11) is 0. The molecule has 0 saturated heterocycles. The van der Waals surface area contributed by atoms with Crippen molar-refractivity contribution < 1.29 is 14.3 Å². The molecule has 142 valence electrons. The van der Waals surface area contributed by atoms with Crippen molar-refractivity contribution in [1.29, 1.82) is 0 Å². The largest absolute Gasteiger partial charge is 0.488 e. The first-order chi connectivity index (χ1) is 13.0. The van der Waals surface area contributed by atoms with E-state index in [1.54, 1.807) is 18.2 Å². The maximum absolute atomic E-state index is 11.7. The molecule has 0 spiro atoms. The summed E-state index contributed by atoms with van der Waals surface area (Å²) in [6.45, 7) is 4.08. The summed E-state index contributed by atoms with van der Waals surface area (Å²) in [6, 6.07) is 14.6. The number of hydrogen-bond donors (Lipinski definition) is 2. The number of hydrazone groups is 1. The van der Waals surface area contributed by atoms with Crippen LogP contribution >= 0.6 is 11.6 Å². The van der Waals surface area contributed by atoms with Gasteiger partial charge in [-0.05, 0) is 43.2 Å². The maximum atomic E-state index is 11.7. The quantitative estimate of drug-likeness (QED) is 0.434. The van der Waals surface area contributed by atoms with E-state index in [0.717, 1.165) is 12.0 Å². The van der Waals surface area contributed by atoms with E-state index in [4.69, 9.17) is 16.3 Å². The average molecular weight is 388 g/mol. The molecule has 0 fully saturated rings. The first-order valence-corrected chi connectivity index (χ1v) is 8.97. The van der Waals surface area contributed by atoms with E-state index in [1.807, 2.05) is 44.2 Å². The van der Waals surface area contributed by atoms with Gasteiger partial charge in [-0.3, -0.25) is 9.59 Å². The fraction of sp³-hybridized carbons (Fsp3) is 0.250. The summed E-state index contributed by atoms with van der Waals surface area (Å²) in [5.74, 6) is -0.935. The van der Waals surface area contributed by atoms with Gasteiger partial charge in [0.25, 0.3) is 0 Å². The Labute approximate surface area is 163 Å². The first kappa shape index (κ1) is 20.5. The molecular formula is C20H22ClN3O3. The molecule has 7 heteroatoms. The third-order valence-corrected chi connectivity index (χ3v) is 4.00. The van der Waals surface area contributed by atoms with Crippen LogP contribution in [0.4, 0.5) is 0 Å². The lowest BCUT2D eigenvalue weighted by atomic mass is 10.2. The Morgan fingerprint density at radius 1 is 1.19 bits per heavy atom. The minimum Gasteiger partial charge on any atom is -0.488 e. The van der Waals surface area contributed by atoms with Gasteiger partial charge in [-0.2, -0.15) is 5.10 Å². The van der Waals surface area contributed by atoms with E-state index in [1.165, 1.54) is 6.21 Å². The highest BCUT2D eigenvalue weighted by Gasteiger charge is 2.14. The number of amides is 2. The Kier molecular flexibility index (Phi) is 7.82. The molecule has 0 aliphatic carbocycles. The van der Waals surface area contributed by atoms with Gasteiger partial charge in [-0.15, -0.1) is 0 Å². The molecule has 6 nitrogen and oxygen atoms in total. The van der Waals surface area contributed by atoms with Gasteiger partial charge in [0.05, 0.1) is 6.21 Å². The molecule has 0 bridgehead atoms. The van der Waals surface area contributed by atoms with E-state index in [2.05, 4.69) is 15.8 Å². The topological polar surface area (TPSA) is 79.8 Å². The number of ether oxygens (including phenoxy) is 1. The molecule has 0 radical (unpaired) electrons. The van der Waals surface area contributed by atoms with Gasteiger partial charge in [-0.1, -0.05) is 42.8 Å². The second-order valence-electron chi connectivity index (χ2n) is 5.94. The van der Waals surface area contributed by atoms with Gasteiger partial charge < -0.3 is 10.1 Å². The van der Waals surface area contributed by atoms with Gasteiger partial charge in [0.15, 0.2) is 0 Å². The minimum atomic E-state index is -0.816. The average Bonchev–Trinajstić information content (AvgIpc) is 2.67. The van der Waals surface area contributed by atoms with E-state index >= 15 is 0 Å². The van der Waals surface area contributed by atoms with Crippen LogP contribution in [0.2, 0.25) is 5.02 Å². The number of nitrogens with zero attached hydrogens (tertiary/aromatic N) is 1. The summed E-state index contributed by atoms with van der Waals surface area (Å²) >= 11 is 5.97. The Morgan fingerprint density at radius 3 is 2.70 bits per heavy atom. The predicted molar refractivity (Wildman–Crippen MR) is 106 cm³/mol. The van der Waals surface area contributed by atoms with Gasteiger partial charge >= 0.3 is 11.8 Å². The highest BCUT2D eigenvalue weighted by molar-refractivity contribution is 6.35. The molecule has 0 aliphatic rings. The number of benzene rings is 2. The molecule has 2 rings (SSSR count). The van der Waals surface area contributed by atoms with Crippen molar-refractivity contribution in [3.63, 3.8) is 0 Å². The van der Waals surface area contributed by atoms with Crippen molar-refractivity contribution >= 4 is 29.6 Å². The normalized spacial score (nSPS) is 11.8. The highest BCUT2D eigenvalue weighted by atomic mass is 35.5. The van der Waals surface area contributed by atoms with Crippen molar-refractivity contribution in [2.75, 3.05) is 0 Å². The molecule has 0 unspecified atom stereocenters. The van der Waals surface area contributed by atoms with Gasteiger partial charge in [0.1, 0.15) is 12.4 Å². The van der Waals surface area contributed by atoms with Gasteiger partial charge in [0.2, 0.25) is 0 Å². The molecule has 2 aromatic carbocycles. The lowest BCUT2D eigenvalue weighted by molar-refractivity contribution is -0.139. The second kappa shape index (κ2) is 10.3. The second-order valence-corrected chi connectivity index (χ2v) is 6.37. The van der Waals surface area contributed by atoms with Crippen LogP contribution in [0.5, 0.6) is 5.75 Å². The summed E-state index contributed by atoms with van der Waals surface area (Å²) < 4.78 is 5.81. The number of nitrogens with one attached hydrogen (secondary N) is 2. The van der Waals surface area contributed by atoms with Crippen molar-refractivity contribution in [2.24, 2.45) is 5.10 Å². The monoisotopic (exact) mass is 387 g/mol. The lowest BCUT2D eigenvalue weighted by Crippen LogP contribution is -2.41. The van der Waals surface area contributed by atoms with Crippen LogP contribution in [0.3, 0.4) is 0 Å². The summed E-state index contributed by atoms with van der Waals surface area (Å²) in [4.78, 5) is 23.4. The Morgan fingerprint density at radius 2 is 1.96 bits per heavy atom. The molecule has 27 heavy (non-hydrogen) atoms. The number of para-hydroxylation sites is 1. The zero-order valence-corrected chi connectivity index (χ0v) is 16.0. The molecule has 0 heterocycles. The van der Waals surface area contributed by atoms with E-state index in [-0.39, 0.29) is 6.04 Å². The van der Waals surface area contributed by atoms with Gasteiger partial charge in [0, 0.05) is 16.6 Å². The smallest absolute Gasteiger partial charge is 0.329 e. The standard InChI is InChI=1S/C20H22ClN3O3/c1-3-14(2)23-19(25)20(26)24-22-12-16-8-4-5-10-18(16)27-13-15-7-6-9-17(21)11-15/h4-12,14H,3,13H2,1-2H3,(H,23,25)(H,24,26)/b22-12-/t14-/m0/s1. The number of rotatable bonds is 7. The SMILES string of the molecule is CC[C@H](C)NC(=O)C(=O)N/N=C\c1ccccc1OCc1cccc(Cl)c1. The number of hydrogen-bond acceptors (Lipinski definition) is 4. The summed E-state index contributed by atoms with van der Waals surface area (Å²) in [5, 5.41) is 7.05. The fourth-order valence-electron chi connectivity index (χ4n) is 2.11. The van der Waals surface area contributed by atoms with Crippen LogP contribution in [-0.2, 0) is 16.2 Å². The van der Waals surface area contributed by atoms with E-state index < -0.39 is 11.8 Å². The molecule has 2 amide bonds. The van der Waals surface area contributed by atoms with Crippen molar-refractivity contribution in [1.82, 2.24) is 10.7 Å². The van der Waals surface area contributed by atoms with Crippen molar-refractivity contribution in [3.8, 4) is 5.75 Å². The van der Waals surface area contributed by atoms with E-state index in [9.17, 15) is 9.59 Å². The fourth-order valence-corrected chi connectivity index (χ4v) is 2.32. The van der Waals surface area contributed by atoms with Crippen LogP contribution in [0, 0.1) is 0 Å². The third kappa shape index (κ3) is 6.75. The molecule has 1 atom stereocenters. The number of carbonyl (C=O) groups excluding carboxylic acids is 2. The minimum absolute atomic E-state index is 0.0761. The third-order valence-electron chi connectivity index (χ3n) is 3.77. The predicted octanol–water partition coefficient (Wildman–Crippen LogP) is 3.28. The van der Waals surface area contributed by atoms with Crippen molar-refractivity contribution in [2.45, 2.75) is 32.9 Å². The zero-order valence-electron chi connectivity index (χ0n) is 15.2. The van der Waals surface area contributed by atoms with E-state index in [0.29, 0.717) is 22.9 Å². The summed E-state index contributed by atoms with van der Waals surface area (Å²) in [6.07, 6.45) is 2.17. The highest BCUT2D eigenvalue weighted by Crippen LogP contribution is 2.18. The Bertz CT molecular complexity index is 824. The molecule has 0 saturated carbocycles.